The van der Waals surface area contributed by atoms with Crippen molar-refractivity contribution in [3.05, 3.63) is 42.0 Å². The normalized spacial score (nSPS) is 11.2. The Labute approximate surface area is 116 Å². The fourth-order valence-corrected chi connectivity index (χ4v) is 2.52. The molecular formula is C12H13FN4O2S. The number of anilines is 2. The van der Waals surface area contributed by atoms with Gasteiger partial charge in [0, 0.05) is 7.05 Å². The molecular weight excluding hydrogens is 283 g/mol. The summed E-state index contributed by atoms with van der Waals surface area (Å²) < 4.78 is 39.7. The molecule has 0 aliphatic rings. The standard InChI is InChI=1S/C12H13FN4O2S/c1-8-3-9(13)5-10(4-8)17-20(18,19)11-6-15-12(14-2)16-7-11/h3-7,17H,1-2H3,(H,14,15,16). The van der Waals surface area contributed by atoms with E-state index >= 15 is 0 Å². The highest BCUT2D eigenvalue weighted by molar-refractivity contribution is 7.92. The quantitative estimate of drug-likeness (QED) is 0.898. The third kappa shape index (κ3) is 3.21. The van der Waals surface area contributed by atoms with Crippen molar-refractivity contribution in [2.75, 3.05) is 17.1 Å². The first-order chi connectivity index (χ1) is 9.40. The number of nitrogens with zero attached hydrogens (tertiary/aromatic N) is 2. The summed E-state index contributed by atoms with van der Waals surface area (Å²) in [4.78, 5) is 7.55. The van der Waals surface area contributed by atoms with Crippen LogP contribution in [0.25, 0.3) is 0 Å². The zero-order valence-electron chi connectivity index (χ0n) is 10.9. The Balaban J connectivity index is 2.30. The van der Waals surface area contributed by atoms with Crippen molar-refractivity contribution in [2.45, 2.75) is 11.8 Å². The van der Waals surface area contributed by atoms with Crippen LogP contribution in [0.4, 0.5) is 16.0 Å². The molecule has 0 unspecified atom stereocenters. The minimum atomic E-state index is -3.84. The SMILES string of the molecule is CNc1ncc(S(=O)(=O)Nc2cc(C)cc(F)c2)cn1. The number of hydrogen-bond acceptors (Lipinski definition) is 5. The number of sulfonamides is 1. The van der Waals surface area contributed by atoms with Gasteiger partial charge in [-0.3, -0.25) is 4.72 Å². The molecule has 0 fully saturated rings. The van der Waals surface area contributed by atoms with Gasteiger partial charge in [0.2, 0.25) is 5.95 Å². The summed E-state index contributed by atoms with van der Waals surface area (Å²) in [6, 6.07) is 3.94. The van der Waals surface area contributed by atoms with Crippen LogP contribution in [0.15, 0.2) is 35.5 Å². The van der Waals surface area contributed by atoms with Crippen LogP contribution in [0, 0.1) is 12.7 Å². The minimum absolute atomic E-state index is 0.0987. The highest BCUT2D eigenvalue weighted by Crippen LogP contribution is 2.18. The summed E-state index contributed by atoms with van der Waals surface area (Å²) in [5.41, 5.74) is 0.768. The molecule has 2 aromatic rings. The molecule has 0 atom stereocenters. The smallest absolute Gasteiger partial charge is 0.264 e. The highest BCUT2D eigenvalue weighted by Gasteiger charge is 2.16. The first-order valence-corrected chi connectivity index (χ1v) is 7.19. The third-order valence-corrected chi connectivity index (χ3v) is 3.79. The van der Waals surface area contributed by atoms with Gasteiger partial charge in [-0.1, -0.05) is 0 Å². The number of aromatic nitrogens is 2. The monoisotopic (exact) mass is 296 g/mol. The Morgan fingerprint density at radius 2 is 1.80 bits per heavy atom. The van der Waals surface area contributed by atoms with E-state index in [0.717, 1.165) is 6.07 Å². The third-order valence-electron chi connectivity index (χ3n) is 2.46. The van der Waals surface area contributed by atoms with Crippen LogP contribution in [-0.2, 0) is 10.0 Å². The maximum absolute atomic E-state index is 13.2. The van der Waals surface area contributed by atoms with Crippen LogP contribution in [-0.4, -0.2) is 25.4 Å². The average Bonchev–Trinajstić information content (AvgIpc) is 2.37. The largest absolute Gasteiger partial charge is 0.357 e. The number of benzene rings is 1. The van der Waals surface area contributed by atoms with E-state index in [1.165, 1.54) is 24.5 Å². The molecule has 1 aromatic carbocycles. The van der Waals surface area contributed by atoms with E-state index in [-0.39, 0.29) is 10.6 Å². The molecule has 20 heavy (non-hydrogen) atoms. The van der Waals surface area contributed by atoms with Crippen molar-refractivity contribution >= 4 is 21.7 Å². The van der Waals surface area contributed by atoms with Crippen molar-refractivity contribution in [3.8, 4) is 0 Å². The van der Waals surface area contributed by atoms with Crippen LogP contribution in [0.5, 0.6) is 0 Å². The van der Waals surface area contributed by atoms with Gasteiger partial charge in [0.05, 0.1) is 18.1 Å². The van der Waals surface area contributed by atoms with Gasteiger partial charge in [-0.15, -0.1) is 0 Å². The van der Waals surface area contributed by atoms with Gasteiger partial charge in [0.1, 0.15) is 10.7 Å². The topological polar surface area (TPSA) is 84.0 Å². The van der Waals surface area contributed by atoms with Crippen LogP contribution < -0.4 is 10.0 Å². The second-order valence-corrected chi connectivity index (χ2v) is 5.80. The predicted octanol–water partition coefficient (Wildman–Crippen LogP) is 1.77. The van der Waals surface area contributed by atoms with E-state index in [1.807, 2.05) is 0 Å². The van der Waals surface area contributed by atoms with E-state index in [9.17, 15) is 12.8 Å². The number of rotatable bonds is 4. The van der Waals surface area contributed by atoms with Gasteiger partial charge < -0.3 is 5.32 Å². The van der Waals surface area contributed by atoms with Gasteiger partial charge in [-0.25, -0.2) is 22.8 Å². The van der Waals surface area contributed by atoms with E-state index in [4.69, 9.17) is 0 Å². The zero-order chi connectivity index (χ0) is 14.8. The molecule has 0 aliphatic carbocycles. The maximum atomic E-state index is 13.2. The fourth-order valence-electron chi connectivity index (χ4n) is 1.59. The molecule has 0 amide bonds. The summed E-state index contributed by atoms with van der Waals surface area (Å²) in [6.45, 7) is 1.67. The molecule has 2 rings (SSSR count). The predicted molar refractivity (Wildman–Crippen MR) is 73.5 cm³/mol. The molecule has 0 bridgehead atoms. The highest BCUT2D eigenvalue weighted by atomic mass is 32.2. The Bertz CT molecular complexity index is 696. The summed E-state index contributed by atoms with van der Waals surface area (Å²) in [5.74, 6) is -0.199. The molecule has 1 heterocycles. The summed E-state index contributed by atoms with van der Waals surface area (Å²) >= 11 is 0. The van der Waals surface area contributed by atoms with Crippen molar-refractivity contribution < 1.29 is 12.8 Å². The maximum Gasteiger partial charge on any atom is 0.264 e. The van der Waals surface area contributed by atoms with Gasteiger partial charge in [-0.2, -0.15) is 0 Å². The molecule has 0 saturated carbocycles. The Kier molecular flexibility index (Phi) is 3.84. The first kappa shape index (κ1) is 14.2. The lowest BCUT2D eigenvalue weighted by atomic mass is 10.2. The van der Waals surface area contributed by atoms with Gasteiger partial charge in [0.15, 0.2) is 0 Å². The average molecular weight is 296 g/mol. The lowest BCUT2D eigenvalue weighted by Gasteiger charge is -2.08. The van der Waals surface area contributed by atoms with Crippen LogP contribution in [0.3, 0.4) is 0 Å². The van der Waals surface area contributed by atoms with E-state index in [1.54, 1.807) is 14.0 Å². The van der Waals surface area contributed by atoms with Crippen LogP contribution in [0.2, 0.25) is 0 Å². The number of nitrogens with one attached hydrogen (secondary N) is 2. The number of halogens is 1. The van der Waals surface area contributed by atoms with Crippen molar-refractivity contribution in [1.29, 1.82) is 0 Å². The van der Waals surface area contributed by atoms with Crippen molar-refractivity contribution in [2.24, 2.45) is 0 Å². The molecule has 0 saturated heterocycles. The molecule has 8 heteroatoms. The second-order valence-electron chi connectivity index (χ2n) is 4.12. The number of hydrogen-bond donors (Lipinski definition) is 2. The van der Waals surface area contributed by atoms with Crippen LogP contribution >= 0.6 is 0 Å². The van der Waals surface area contributed by atoms with Gasteiger partial charge in [-0.05, 0) is 30.7 Å². The summed E-state index contributed by atoms with van der Waals surface area (Å²) in [5, 5.41) is 2.68. The lowest BCUT2D eigenvalue weighted by molar-refractivity contribution is 0.600. The lowest BCUT2D eigenvalue weighted by Crippen LogP contribution is -2.14. The molecule has 106 valence electrons. The molecule has 0 aliphatic heterocycles. The molecule has 0 radical (unpaired) electrons. The van der Waals surface area contributed by atoms with E-state index in [0.29, 0.717) is 11.5 Å². The van der Waals surface area contributed by atoms with E-state index in [2.05, 4.69) is 20.0 Å². The minimum Gasteiger partial charge on any atom is -0.357 e. The Morgan fingerprint density at radius 1 is 1.15 bits per heavy atom. The molecule has 1 aromatic heterocycles. The molecule has 2 N–H and O–H groups in total. The molecule has 6 nitrogen and oxygen atoms in total. The van der Waals surface area contributed by atoms with E-state index < -0.39 is 15.8 Å². The van der Waals surface area contributed by atoms with Crippen LogP contribution in [0.1, 0.15) is 5.56 Å². The van der Waals surface area contributed by atoms with Gasteiger partial charge >= 0.3 is 0 Å². The van der Waals surface area contributed by atoms with Crippen molar-refractivity contribution in [3.63, 3.8) is 0 Å². The second kappa shape index (κ2) is 5.41. The van der Waals surface area contributed by atoms with Gasteiger partial charge in [0.25, 0.3) is 10.0 Å². The fraction of sp³-hybridized carbons (Fsp3) is 0.167. The Morgan fingerprint density at radius 3 is 2.35 bits per heavy atom. The summed E-state index contributed by atoms with van der Waals surface area (Å²) in [7, 11) is -2.22. The molecule has 0 spiro atoms. The van der Waals surface area contributed by atoms with Crippen molar-refractivity contribution in [1.82, 2.24) is 9.97 Å². The summed E-state index contributed by atoms with van der Waals surface area (Å²) in [6.07, 6.45) is 2.35. The number of aryl methyl sites for hydroxylation is 1. The first-order valence-electron chi connectivity index (χ1n) is 5.70. The zero-order valence-corrected chi connectivity index (χ0v) is 11.7. The Hall–Kier alpha value is -2.22.